The Morgan fingerprint density at radius 3 is 2.94 bits per heavy atom. The molecule has 4 nitrogen and oxygen atoms in total. The highest BCUT2D eigenvalue weighted by molar-refractivity contribution is 7.84. The molecule has 0 aliphatic heterocycles. The average Bonchev–Trinajstić information content (AvgIpc) is 2.67. The van der Waals surface area contributed by atoms with Gasteiger partial charge >= 0.3 is 0 Å². The number of rotatable bonds is 5. The van der Waals surface area contributed by atoms with Crippen LogP contribution in [0.5, 0.6) is 0 Å². The Kier molecular flexibility index (Phi) is 4.01. The van der Waals surface area contributed by atoms with Crippen LogP contribution in [0.25, 0.3) is 11.1 Å². The SMILES string of the molecule is CC(C)CCS(=O)Cc1nc2ccc(N)cc2o1. The van der Waals surface area contributed by atoms with Crippen LogP contribution < -0.4 is 5.73 Å². The predicted octanol–water partition coefficient (Wildman–Crippen LogP) is 2.70. The summed E-state index contributed by atoms with van der Waals surface area (Å²) in [5, 5.41) is 0. The molecule has 1 heterocycles. The van der Waals surface area contributed by atoms with E-state index in [1.165, 1.54) is 0 Å². The number of nitrogens with zero attached hydrogens (tertiary/aromatic N) is 1. The Morgan fingerprint density at radius 1 is 1.44 bits per heavy atom. The number of nitrogen functional groups attached to an aromatic ring is 1. The Bertz CT molecular complexity index is 563. The van der Waals surface area contributed by atoms with Gasteiger partial charge in [-0.2, -0.15) is 0 Å². The van der Waals surface area contributed by atoms with Crippen LogP contribution in [-0.2, 0) is 16.6 Å². The van der Waals surface area contributed by atoms with Crippen molar-refractivity contribution in [2.75, 3.05) is 11.5 Å². The zero-order valence-corrected chi connectivity index (χ0v) is 11.5. The largest absolute Gasteiger partial charge is 0.440 e. The Hall–Kier alpha value is -1.36. The van der Waals surface area contributed by atoms with Crippen LogP contribution in [0.15, 0.2) is 22.6 Å². The lowest BCUT2D eigenvalue weighted by atomic mass is 10.2. The maximum absolute atomic E-state index is 11.8. The van der Waals surface area contributed by atoms with Gasteiger partial charge < -0.3 is 10.2 Å². The van der Waals surface area contributed by atoms with Gasteiger partial charge in [-0.25, -0.2) is 4.98 Å². The number of anilines is 1. The molecule has 2 N–H and O–H groups in total. The van der Waals surface area contributed by atoms with E-state index in [0.717, 1.165) is 11.9 Å². The molecule has 18 heavy (non-hydrogen) atoms. The summed E-state index contributed by atoms with van der Waals surface area (Å²) in [6.07, 6.45) is 0.958. The van der Waals surface area contributed by atoms with Gasteiger partial charge in [-0.3, -0.25) is 4.21 Å². The fourth-order valence-electron chi connectivity index (χ4n) is 1.63. The maximum atomic E-state index is 11.8. The second-order valence-corrected chi connectivity index (χ2v) is 6.38. The van der Waals surface area contributed by atoms with Crippen molar-refractivity contribution in [3.05, 3.63) is 24.1 Å². The summed E-state index contributed by atoms with van der Waals surface area (Å²) >= 11 is 0. The number of hydrogen-bond donors (Lipinski definition) is 1. The van der Waals surface area contributed by atoms with Gasteiger partial charge in [-0.15, -0.1) is 0 Å². The molecule has 1 unspecified atom stereocenters. The van der Waals surface area contributed by atoms with Crippen molar-refractivity contribution in [1.82, 2.24) is 4.98 Å². The van der Waals surface area contributed by atoms with Gasteiger partial charge in [0.2, 0.25) is 5.89 Å². The third-order valence-electron chi connectivity index (χ3n) is 2.66. The minimum atomic E-state index is -0.911. The summed E-state index contributed by atoms with van der Waals surface area (Å²) in [4.78, 5) is 4.31. The van der Waals surface area contributed by atoms with Crippen LogP contribution in [0.4, 0.5) is 5.69 Å². The zero-order valence-electron chi connectivity index (χ0n) is 10.7. The second-order valence-electron chi connectivity index (χ2n) is 4.81. The number of aromatic nitrogens is 1. The first-order valence-electron chi connectivity index (χ1n) is 6.04. The lowest BCUT2D eigenvalue weighted by Gasteiger charge is -2.02. The summed E-state index contributed by atoms with van der Waals surface area (Å²) in [5.74, 6) is 2.16. The van der Waals surface area contributed by atoms with E-state index in [0.29, 0.717) is 34.6 Å². The van der Waals surface area contributed by atoms with Gasteiger partial charge in [0, 0.05) is 28.3 Å². The third-order valence-corrected chi connectivity index (χ3v) is 3.92. The number of nitrogens with two attached hydrogens (primary N) is 1. The quantitative estimate of drug-likeness (QED) is 0.845. The highest BCUT2D eigenvalue weighted by Crippen LogP contribution is 2.19. The third kappa shape index (κ3) is 3.32. The van der Waals surface area contributed by atoms with Crippen LogP contribution in [0.2, 0.25) is 0 Å². The molecule has 1 atom stereocenters. The van der Waals surface area contributed by atoms with E-state index in [9.17, 15) is 4.21 Å². The van der Waals surface area contributed by atoms with Crippen LogP contribution in [-0.4, -0.2) is 14.9 Å². The fourth-order valence-corrected chi connectivity index (χ4v) is 2.91. The van der Waals surface area contributed by atoms with Crippen molar-refractivity contribution in [1.29, 1.82) is 0 Å². The summed E-state index contributed by atoms with van der Waals surface area (Å²) in [6.45, 7) is 4.25. The van der Waals surface area contributed by atoms with Gasteiger partial charge in [-0.05, 0) is 24.5 Å². The molecule has 0 fully saturated rings. The first-order valence-corrected chi connectivity index (χ1v) is 7.53. The molecule has 0 spiro atoms. The molecule has 0 radical (unpaired) electrons. The van der Waals surface area contributed by atoms with Crippen molar-refractivity contribution in [3.8, 4) is 0 Å². The van der Waals surface area contributed by atoms with Crippen LogP contribution in [0.3, 0.4) is 0 Å². The normalized spacial score (nSPS) is 13.3. The lowest BCUT2D eigenvalue weighted by Crippen LogP contribution is -2.04. The summed E-state index contributed by atoms with van der Waals surface area (Å²) in [6, 6.07) is 5.34. The van der Waals surface area contributed by atoms with E-state index in [-0.39, 0.29) is 0 Å². The van der Waals surface area contributed by atoms with Gasteiger partial charge in [0.15, 0.2) is 5.58 Å². The van der Waals surface area contributed by atoms with Crippen LogP contribution >= 0.6 is 0 Å². The molecule has 0 aliphatic rings. The fraction of sp³-hybridized carbons (Fsp3) is 0.462. The highest BCUT2D eigenvalue weighted by atomic mass is 32.2. The smallest absolute Gasteiger partial charge is 0.208 e. The van der Waals surface area contributed by atoms with Crippen molar-refractivity contribution in [2.45, 2.75) is 26.0 Å². The molecule has 98 valence electrons. The van der Waals surface area contributed by atoms with Crippen LogP contribution in [0.1, 0.15) is 26.2 Å². The van der Waals surface area contributed by atoms with E-state index in [4.69, 9.17) is 10.2 Å². The summed E-state index contributed by atoms with van der Waals surface area (Å²) in [5.41, 5.74) is 7.73. The van der Waals surface area contributed by atoms with Gasteiger partial charge in [0.25, 0.3) is 0 Å². The molecule has 5 heteroatoms. The molecular weight excluding hydrogens is 248 g/mol. The summed E-state index contributed by atoms with van der Waals surface area (Å²) < 4.78 is 17.4. The monoisotopic (exact) mass is 266 g/mol. The molecule has 0 saturated carbocycles. The lowest BCUT2D eigenvalue weighted by molar-refractivity contribution is 0.551. The molecule has 2 aromatic rings. The minimum Gasteiger partial charge on any atom is -0.440 e. The second kappa shape index (κ2) is 5.52. The Balaban J connectivity index is 2.05. The number of hydrogen-bond acceptors (Lipinski definition) is 4. The molecule has 0 amide bonds. The first-order chi connectivity index (χ1) is 8.54. The van der Waals surface area contributed by atoms with Crippen LogP contribution in [0, 0.1) is 5.92 Å². The first kappa shape index (κ1) is 13.1. The molecule has 1 aromatic carbocycles. The maximum Gasteiger partial charge on any atom is 0.208 e. The predicted molar refractivity (Wildman–Crippen MR) is 74.6 cm³/mol. The Morgan fingerprint density at radius 2 is 2.22 bits per heavy atom. The van der Waals surface area contributed by atoms with Crippen molar-refractivity contribution in [2.24, 2.45) is 5.92 Å². The molecular formula is C13H18N2O2S. The molecule has 0 aliphatic carbocycles. The number of oxazole rings is 1. The molecule has 0 saturated heterocycles. The van der Waals surface area contributed by atoms with E-state index in [1.54, 1.807) is 12.1 Å². The molecule has 0 bridgehead atoms. The Labute approximate surface area is 109 Å². The van der Waals surface area contributed by atoms with Crippen molar-refractivity contribution >= 4 is 27.6 Å². The average molecular weight is 266 g/mol. The van der Waals surface area contributed by atoms with E-state index in [1.807, 2.05) is 6.07 Å². The minimum absolute atomic E-state index is 0.376. The van der Waals surface area contributed by atoms with E-state index >= 15 is 0 Å². The van der Waals surface area contributed by atoms with Gasteiger partial charge in [-0.1, -0.05) is 13.8 Å². The number of fused-ring (bicyclic) bond motifs is 1. The standard InChI is InChI=1S/C13H18N2O2S/c1-9(2)5-6-18(16)8-13-15-11-4-3-10(14)7-12(11)17-13/h3-4,7,9H,5-6,8,14H2,1-2H3. The topological polar surface area (TPSA) is 69.1 Å². The van der Waals surface area contributed by atoms with E-state index < -0.39 is 10.8 Å². The zero-order chi connectivity index (χ0) is 13.1. The van der Waals surface area contributed by atoms with Gasteiger partial charge in [0.1, 0.15) is 11.3 Å². The van der Waals surface area contributed by atoms with E-state index in [2.05, 4.69) is 18.8 Å². The molecule has 2 rings (SSSR count). The summed E-state index contributed by atoms with van der Waals surface area (Å²) in [7, 11) is -0.911. The van der Waals surface area contributed by atoms with Crippen molar-refractivity contribution in [3.63, 3.8) is 0 Å². The van der Waals surface area contributed by atoms with Crippen molar-refractivity contribution < 1.29 is 8.63 Å². The van der Waals surface area contributed by atoms with Gasteiger partial charge in [0.05, 0.1) is 0 Å². The number of benzene rings is 1. The molecule has 1 aromatic heterocycles. The highest BCUT2D eigenvalue weighted by Gasteiger charge is 2.10.